The van der Waals surface area contributed by atoms with Crippen molar-refractivity contribution in [3.63, 3.8) is 0 Å². The zero-order chi connectivity index (χ0) is 17.7. The Balaban J connectivity index is 2.09. The number of halogens is 1. The molecule has 1 aliphatic heterocycles. The number of carbonyl (C=O) groups is 2. The smallest absolute Gasteiger partial charge is 0.232 e. The molecule has 2 rings (SSSR count). The van der Waals surface area contributed by atoms with E-state index in [9.17, 15) is 9.59 Å². The van der Waals surface area contributed by atoms with E-state index in [1.165, 1.54) is 0 Å². The van der Waals surface area contributed by atoms with Crippen molar-refractivity contribution < 1.29 is 9.59 Å². The first-order valence-corrected chi connectivity index (χ1v) is 8.77. The molecule has 0 aliphatic carbocycles. The van der Waals surface area contributed by atoms with Crippen molar-refractivity contribution in [1.29, 1.82) is 0 Å². The lowest BCUT2D eigenvalue weighted by Crippen LogP contribution is -2.50. The van der Waals surface area contributed by atoms with Gasteiger partial charge in [-0.05, 0) is 44.4 Å². The first-order valence-electron chi connectivity index (χ1n) is 8.39. The number of hydrogen-bond acceptors (Lipinski definition) is 3. The third-order valence-electron chi connectivity index (χ3n) is 4.60. The summed E-state index contributed by atoms with van der Waals surface area (Å²) in [5, 5.41) is 3.44. The molecular weight excluding hydrogens is 326 g/mol. The predicted octanol–water partition coefficient (Wildman–Crippen LogP) is 1.93. The van der Waals surface area contributed by atoms with Gasteiger partial charge in [0, 0.05) is 31.2 Å². The summed E-state index contributed by atoms with van der Waals surface area (Å²) in [6, 6.07) is 7.39. The van der Waals surface area contributed by atoms with E-state index in [2.05, 4.69) is 5.32 Å². The van der Waals surface area contributed by atoms with E-state index in [0.717, 1.165) is 18.4 Å². The Morgan fingerprint density at radius 3 is 2.83 bits per heavy atom. The van der Waals surface area contributed by atoms with E-state index in [1.54, 1.807) is 11.0 Å². The monoisotopic (exact) mass is 351 g/mol. The third-order valence-corrected chi connectivity index (χ3v) is 4.84. The number of rotatable bonds is 5. The summed E-state index contributed by atoms with van der Waals surface area (Å²) < 4.78 is 0. The minimum absolute atomic E-state index is 0.0153. The Morgan fingerprint density at radius 2 is 2.17 bits per heavy atom. The summed E-state index contributed by atoms with van der Waals surface area (Å²) in [5.41, 5.74) is 5.63. The van der Waals surface area contributed by atoms with Crippen LogP contribution < -0.4 is 11.1 Å². The average Bonchev–Trinajstić information content (AvgIpc) is 2.59. The van der Waals surface area contributed by atoms with Gasteiger partial charge in [0.25, 0.3) is 0 Å². The summed E-state index contributed by atoms with van der Waals surface area (Å²) in [4.78, 5) is 27.0. The zero-order valence-corrected chi connectivity index (χ0v) is 15.1. The third kappa shape index (κ3) is 4.28. The lowest BCUT2D eigenvalue weighted by Gasteiger charge is -2.37. The highest BCUT2D eigenvalue weighted by atomic mass is 35.5. The summed E-state index contributed by atoms with van der Waals surface area (Å²) in [6.45, 7) is 5.83. The van der Waals surface area contributed by atoms with Crippen LogP contribution in [0.5, 0.6) is 0 Å². The molecule has 2 amide bonds. The second kappa shape index (κ2) is 7.99. The van der Waals surface area contributed by atoms with E-state index in [0.29, 0.717) is 31.2 Å². The van der Waals surface area contributed by atoms with Gasteiger partial charge in [0.1, 0.15) is 0 Å². The molecule has 1 aliphatic rings. The molecule has 24 heavy (non-hydrogen) atoms. The summed E-state index contributed by atoms with van der Waals surface area (Å²) >= 11 is 6.07. The maximum absolute atomic E-state index is 13.0. The molecule has 1 unspecified atom stereocenters. The minimum atomic E-state index is -0.680. The number of nitrogens with one attached hydrogen (secondary N) is 1. The Morgan fingerprint density at radius 1 is 1.42 bits per heavy atom. The van der Waals surface area contributed by atoms with Gasteiger partial charge in [-0.25, -0.2) is 0 Å². The van der Waals surface area contributed by atoms with Gasteiger partial charge in [-0.15, -0.1) is 0 Å². The number of amides is 2. The molecule has 0 saturated carbocycles. The molecule has 1 saturated heterocycles. The molecule has 0 spiro atoms. The average molecular weight is 352 g/mol. The molecule has 6 heteroatoms. The molecule has 1 aromatic carbocycles. The van der Waals surface area contributed by atoms with E-state index in [-0.39, 0.29) is 17.7 Å². The van der Waals surface area contributed by atoms with Crippen molar-refractivity contribution >= 4 is 23.4 Å². The minimum Gasteiger partial charge on any atom is -0.355 e. The number of likely N-dealkylation sites (tertiary alicyclic amines) is 1. The van der Waals surface area contributed by atoms with E-state index >= 15 is 0 Å². The zero-order valence-electron chi connectivity index (χ0n) is 14.3. The van der Waals surface area contributed by atoms with Gasteiger partial charge >= 0.3 is 0 Å². The van der Waals surface area contributed by atoms with Crippen molar-refractivity contribution in [3.05, 3.63) is 34.9 Å². The second-order valence-corrected chi connectivity index (χ2v) is 7.24. The lowest BCUT2D eigenvalue weighted by molar-refractivity contribution is -0.140. The molecule has 0 bridgehead atoms. The van der Waals surface area contributed by atoms with Gasteiger partial charge in [0.05, 0.1) is 11.3 Å². The van der Waals surface area contributed by atoms with Crippen LogP contribution in [0, 0.1) is 5.92 Å². The molecule has 1 fully saturated rings. The fraction of sp³-hybridized carbons (Fsp3) is 0.556. The Kier molecular flexibility index (Phi) is 6.24. The first-order chi connectivity index (χ1) is 11.4. The van der Waals surface area contributed by atoms with Gasteiger partial charge in [-0.3, -0.25) is 9.59 Å². The van der Waals surface area contributed by atoms with E-state index < -0.39 is 5.41 Å². The SMILES string of the molecule is CC(C)(C(=O)N1CCCC(C(=O)NCCN)C1)c1cccc(Cl)c1. The topological polar surface area (TPSA) is 75.4 Å². The maximum atomic E-state index is 13.0. The van der Waals surface area contributed by atoms with Crippen molar-refractivity contribution in [2.45, 2.75) is 32.1 Å². The summed E-state index contributed by atoms with van der Waals surface area (Å²) in [6.07, 6.45) is 1.63. The molecule has 0 radical (unpaired) electrons. The van der Waals surface area contributed by atoms with Crippen molar-refractivity contribution in [2.75, 3.05) is 26.2 Å². The second-order valence-electron chi connectivity index (χ2n) is 6.81. The fourth-order valence-corrected chi connectivity index (χ4v) is 3.30. The Bertz CT molecular complexity index is 604. The molecule has 3 N–H and O–H groups in total. The molecule has 1 atom stereocenters. The number of benzene rings is 1. The highest BCUT2D eigenvalue weighted by Gasteiger charge is 2.37. The van der Waals surface area contributed by atoms with Crippen molar-refractivity contribution in [1.82, 2.24) is 10.2 Å². The highest BCUT2D eigenvalue weighted by molar-refractivity contribution is 6.30. The van der Waals surface area contributed by atoms with Crippen LogP contribution in [-0.2, 0) is 15.0 Å². The van der Waals surface area contributed by atoms with Gasteiger partial charge in [0.2, 0.25) is 11.8 Å². The van der Waals surface area contributed by atoms with Gasteiger partial charge in [-0.2, -0.15) is 0 Å². The standard InChI is InChI=1S/C18H26ClN3O2/c1-18(2,14-6-3-7-15(19)11-14)17(24)22-10-4-5-13(12-22)16(23)21-9-8-20/h3,6-7,11,13H,4-5,8-10,12,20H2,1-2H3,(H,21,23). The van der Waals surface area contributed by atoms with Crippen LogP contribution in [0.3, 0.4) is 0 Å². The fourth-order valence-electron chi connectivity index (χ4n) is 3.11. The normalized spacial score (nSPS) is 18.3. The molecular formula is C18H26ClN3O2. The Hall–Kier alpha value is -1.59. The maximum Gasteiger partial charge on any atom is 0.232 e. The number of carbonyl (C=O) groups excluding carboxylic acids is 2. The molecule has 132 valence electrons. The van der Waals surface area contributed by atoms with Crippen LogP contribution in [0.2, 0.25) is 5.02 Å². The number of piperidine rings is 1. The summed E-state index contributed by atoms with van der Waals surface area (Å²) in [7, 11) is 0. The number of hydrogen-bond donors (Lipinski definition) is 2. The number of nitrogens with zero attached hydrogens (tertiary/aromatic N) is 1. The quantitative estimate of drug-likeness (QED) is 0.851. The Labute approximate surface area is 148 Å². The van der Waals surface area contributed by atoms with Gasteiger partial charge in [-0.1, -0.05) is 23.7 Å². The summed E-state index contributed by atoms with van der Waals surface area (Å²) in [5.74, 6) is -0.149. The molecule has 0 aromatic heterocycles. The van der Waals surface area contributed by atoms with Crippen molar-refractivity contribution in [2.24, 2.45) is 11.7 Å². The van der Waals surface area contributed by atoms with Gasteiger partial charge in [0.15, 0.2) is 0 Å². The predicted molar refractivity (Wildman–Crippen MR) is 95.8 cm³/mol. The van der Waals surface area contributed by atoms with Crippen LogP contribution in [-0.4, -0.2) is 42.9 Å². The number of nitrogens with two attached hydrogens (primary N) is 1. The first kappa shape index (κ1) is 18.7. The van der Waals surface area contributed by atoms with Crippen LogP contribution in [0.1, 0.15) is 32.3 Å². The molecule has 1 aromatic rings. The van der Waals surface area contributed by atoms with Gasteiger partial charge < -0.3 is 16.0 Å². The molecule has 5 nitrogen and oxygen atoms in total. The van der Waals surface area contributed by atoms with Crippen molar-refractivity contribution in [3.8, 4) is 0 Å². The van der Waals surface area contributed by atoms with Crippen LogP contribution in [0.4, 0.5) is 0 Å². The molecule has 1 heterocycles. The van der Waals surface area contributed by atoms with E-state index in [4.69, 9.17) is 17.3 Å². The lowest BCUT2D eigenvalue weighted by atomic mass is 9.82. The largest absolute Gasteiger partial charge is 0.355 e. The highest BCUT2D eigenvalue weighted by Crippen LogP contribution is 2.29. The van der Waals surface area contributed by atoms with Crippen LogP contribution in [0.15, 0.2) is 24.3 Å². The van der Waals surface area contributed by atoms with Crippen LogP contribution in [0.25, 0.3) is 0 Å². The van der Waals surface area contributed by atoms with E-state index in [1.807, 2.05) is 32.0 Å². The van der Waals surface area contributed by atoms with Crippen LogP contribution >= 0.6 is 11.6 Å².